The molecule has 2 aromatic carbocycles. The summed E-state index contributed by atoms with van der Waals surface area (Å²) in [6, 6.07) is 13.1. The van der Waals surface area contributed by atoms with Crippen LogP contribution in [-0.2, 0) is 16.0 Å². The van der Waals surface area contributed by atoms with E-state index in [1.165, 1.54) is 0 Å². The molecule has 0 aliphatic rings. The lowest BCUT2D eigenvalue weighted by molar-refractivity contribution is -0.122. The Balaban J connectivity index is 1.98. The van der Waals surface area contributed by atoms with Crippen LogP contribution >= 0.6 is 0 Å². The van der Waals surface area contributed by atoms with Crippen molar-refractivity contribution >= 4 is 17.5 Å². The van der Waals surface area contributed by atoms with E-state index in [1.54, 1.807) is 26.1 Å². The minimum atomic E-state index is -0.620. The Morgan fingerprint density at radius 2 is 1.64 bits per heavy atom. The molecule has 0 bridgehead atoms. The highest BCUT2D eigenvalue weighted by Crippen LogP contribution is 2.23. The van der Waals surface area contributed by atoms with E-state index in [2.05, 4.69) is 10.6 Å². The molecule has 1 atom stereocenters. The van der Waals surface area contributed by atoms with Gasteiger partial charge in [0.05, 0.1) is 6.42 Å². The maximum absolute atomic E-state index is 12.3. The SMILES string of the molecule is CNC(=O)Cc1ccc(NC(=O)C(C)Oc2c(C)cccc2C)cc1. The summed E-state index contributed by atoms with van der Waals surface area (Å²) in [6.07, 6.45) is -0.304. The number of nitrogens with one attached hydrogen (secondary N) is 2. The van der Waals surface area contributed by atoms with Gasteiger partial charge < -0.3 is 15.4 Å². The van der Waals surface area contributed by atoms with Crippen molar-refractivity contribution in [3.05, 3.63) is 59.2 Å². The average molecular weight is 340 g/mol. The summed E-state index contributed by atoms with van der Waals surface area (Å²) in [5.74, 6) is 0.472. The van der Waals surface area contributed by atoms with Crippen molar-refractivity contribution in [1.82, 2.24) is 5.32 Å². The van der Waals surface area contributed by atoms with Crippen molar-refractivity contribution in [3.63, 3.8) is 0 Å². The summed E-state index contributed by atoms with van der Waals surface area (Å²) >= 11 is 0. The Hall–Kier alpha value is -2.82. The molecule has 2 amide bonds. The molecule has 1 unspecified atom stereocenters. The van der Waals surface area contributed by atoms with Crippen LogP contribution in [-0.4, -0.2) is 25.0 Å². The molecule has 0 aliphatic heterocycles. The second kappa shape index (κ2) is 8.33. The minimum absolute atomic E-state index is 0.0487. The van der Waals surface area contributed by atoms with Crippen LogP contribution in [0, 0.1) is 13.8 Å². The third-order valence-corrected chi connectivity index (χ3v) is 3.94. The fourth-order valence-electron chi connectivity index (χ4n) is 2.44. The van der Waals surface area contributed by atoms with E-state index in [0.29, 0.717) is 12.1 Å². The first-order chi connectivity index (χ1) is 11.9. The minimum Gasteiger partial charge on any atom is -0.480 e. The number of rotatable bonds is 6. The predicted molar refractivity (Wildman–Crippen MR) is 98.8 cm³/mol. The van der Waals surface area contributed by atoms with Gasteiger partial charge in [-0.1, -0.05) is 30.3 Å². The van der Waals surface area contributed by atoms with Crippen molar-refractivity contribution in [2.75, 3.05) is 12.4 Å². The first kappa shape index (κ1) is 18.5. The maximum atomic E-state index is 12.3. The lowest BCUT2D eigenvalue weighted by Gasteiger charge is -2.18. The summed E-state index contributed by atoms with van der Waals surface area (Å²) in [7, 11) is 1.61. The molecule has 25 heavy (non-hydrogen) atoms. The average Bonchev–Trinajstić information content (AvgIpc) is 2.59. The number of ether oxygens (including phenoxy) is 1. The molecule has 0 fully saturated rings. The predicted octanol–water partition coefficient (Wildman–Crippen LogP) is 3.00. The first-order valence-corrected chi connectivity index (χ1v) is 8.24. The van der Waals surface area contributed by atoms with Crippen molar-refractivity contribution in [3.8, 4) is 5.75 Å². The molecule has 5 nitrogen and oxygen atoms in total. The molecule has 0 saturated heterocycles. The summed E-state index contributed by atoms with van der Waals surface area (Å²) < 4.78 is 5.84. The number of benzene rings is 2. The summed E-state index contributed by atoms with van der Waals surface area (Å²) in [5.41, 5.74) is 3.55. The van der Waals surface area contributed by atoms with Gasteiger partial charge in [-0.2, -0.15) is 0 Å². The molecule has 132 valence electrons. The normalized spacial score (nSPS) is 11.5. The second-order valence-corrected chi connectivity index (χ2v) is 6.02. The van der Waals surface area contributed by atoms with Crippen molar-refractivity contribution in [2.24, 2.45) is 0 Å². The smallest absolute Gasteiger partial charge is 0.265 e. The van der Waals surface area contributed by atoms with Gasteiger partial charge in [0, 0.05) is 12.7 Å². The molecule has 0 aromatic heterocycles. The van der Waals surface area contributed by atoms with Crippen molar-refractivity contribution in [2.45, 2.75) is 33.3 Å². The van der Waals surface area contributed by atoms with E-state index in [-0.39, 0.29) is 11.8 Å². The first-order valence-electron chi connectivity index (χ1n) is 8.24. The third kappa shape index (κ3) is 5.08. The van der Waals surface area contributed by atoms with E-state index in [0.717, 1.165) is 22.4 Å². The Kier molecular flexibility index (Phi) is 6.17. The molecule has 2 rings (SSSR count). The highest BCUT2D eigenvalue weighted by atomic mass is 16.5. The molecule has 0 saturated carbocycles. The van der Waals surface area contributed by atoms with Crippen LogP contribution < -0.4 is 15.4 Å². The van der Waals surface area contributed by atoms with E-state index >= 15 is 0 Å². The highest BCUT2D eigenvalue weighted by Gasteiger charge is 2.17. The van der Waals surface area contributed by atoms with Gasteiger partial charge in [0.25, 0.3) is 5.91 Å². The van der Waals surface area contributed by atoms with Crippen LogP contribution in [0.1, 0.15) is 23.6 Å². The fourth-order valence-corrected chi connectivity index (χ4v) is 2.44. The van der Waals surface area contributed by atoms with Gasteiger partial charge in [-0.05, 0) is 49.6 Å². The number of hydrogen-bond donors (Lipinski definition) is 2. The summed E-state index contributed by atoms with van der Waals surface area (Å²) in [5, 5.41) is 5.41. The van der Waals surface area contributed by atoms with E-state index < -0.39 is 6.10 Å². The zero-order valence-electron chi connectivity index (χ0n) is 15.1. The fraction of sp³-hybridized carbons (Fsp3) is 0.300. The van der Waals surface area contributed by atoms with Gasteiger partial charge in [-0.15, -0.1) is 0 Å². The van der Waals surface area contributed by atoms with E-state index in [4.69, 9.17) is 4.74 Å². The van der Waals surface area contributed by atoms with Crippen LogP contribution in [0.5, 0.6) is 5.75 Å². The number of amides is 2. The van der Waals surface area contributed by atoms with Crippen LogP contribution in [0.4, 0.5) is 5.69 Å². The van der Waals surface area contributed by atoms with Crippen LogP contribution in [0.15, 0.2) is 42.5 Å². The van der Waals surface area contributed by atoms with Crippen molar-refractivity contribution in [1.29, 1.82) is 0 Å². The Morgan fingerprint density at radius 3 is 2.20 bits per heavy atom. The van der Waals surface area contributed by atoms with Gasteiger partial charge in [0.1, 0.15) is 5.75 Å². The van der Waals surface area contributed by atoms with Crippen LogP contribution in [0.25, 0.3) is 0 Å². The zero-order chi connectivity index (χ0) is 18.4. The van der Waals surface area contributed by atoms with E-state index in [1.807, 2.05) is 44.2 Å². The number of carbonyl (C=O) groups is 2. The molecular formula is C20H24N2O3. The molecule has 0 spiro atoms. The Morgan fingerprint density at radius 1 is 1.04 bits per heavy atom. The summed E-state index contributed by atoms with van der Waals surface area (Å²) in [6.45, 7) is 5.64. The number of anilines is 1. The van der Waals surface area contributed by atoms with Gasteiger partial charge >= 0.3 is 0 Å². The quantitative estimate of drug-likeness (QED) is 0.849. The second-order valence-electron chi connectivity index (χ2n) is 6.02. The molecule has 0 aliphatic carbocycles. The molecule has 0 radical (unpaired) electrons. The van der Waals surface area contributed by atoms with Gasteiger partial charge in [0.15, 0.2) is 6.10 Å². The van der Waals surface area contributed by atoms with Crippen LogP contribution in [0.3, 0.4) is 0 Å². The largest absolute Gasteiger partial charge is 0.480 e. The van der Waals surface area contributed by atoms with Crippen molar-refractivity contribution < 1.29 is 14.3 Å². The lowest BCUT2D eigenvalue weighted by Crippen LogP contribution is -2.30. The maximum Gasteiger partial charge on any atom is 0.265 e. The van der Waals surface area contributed by atoms with E-state index in [9.17, 15) is 9.59 Å². The van der Waals surface area contributed by atoms with Gasteiger partial charge in [-0.25, -0.2) is 0 Å². The molecular weight excluding hydrogens is 316 g/mol. The number of hydrogen-bond acceptors (Lipinski definition) is 3. The number of carbonyl (C=O) groups excluding carboxylic acids is 2. The van der Waals surface area contributed by atoms with Gasteiger partial charge in [0.2, 0.25) is 5.91 Å². The molecule has 0 heterocycles. The number of likely N-dealkylation sites (N-methyl/N-ethyl adjacent to an activating group) is 1. The Bertz CT molecular complexity index is 734. The van der Waals surface area contributed by atoms with Crippen LogP contribution in [0.2, 0.25) is 0 Å². The monoisotopic (exact) mass is 340 g/mol. The third-order valence-electron chi connectivity index (χ3n) is 3.94. The number of para-hydroxylation sites is 1. The standard InChI is InChI=1S/C20H24N2O3/c1-13-6-5-7-14(2)19(13)25-15(3)20(24)22-17-10-8-16(9-11-17)12-18(23)21-4/h5-11,15H,12H2,1-4H3,(H,21,23)(H,22,24). The number of aryl methyl sites for hydroxylation is 2. The molecule has 2 aromatic rings. The summed E-state index contributed by atoms with van der Waals surface area (Å²) in [4.78, 5) is 23.7. The molecule has 5 heteroatoms. The highest BCUT2D eigenvalue weighted by molar-refractivity contribution is 5.94. The molecule has 2 N–H and O–H groups in total. The Labute approximate surface area is 148 Å². The lowest BCUT2D eigenvalue weighted by atomic mass is 10.1. The zero-order valence-corrected chi connectivity index (χ0v) is 15.1. The topological polar surface area (TPSA) is 67.4 Å². The van der Waals surface area contributed by atoms with Gasteiger partial charge in [-0.3, -0.25) is 9.59 Å².